The highest BCUT2D eigenvalue weighted by molar-refractivity contribution is 6.39. The second kappa shape index (κ2) is 5.50. The summed E-state index contributed by atoms with van der Waals surface area (Å²) in [6.07, 6.45) is 3.56. The predicted molar refractivity (Wildman–Crippen MR) is 80.5 cm³/mol. The van der Waals surface area contributed by atoms with E-state index in [1.54, 1.807) is 18.2 Å². The molecular formula is C15H15Cl2NO3. The van der Waals surface area contributed by atoms with E-state index in [4.69, 9.17) is 27.9 Å². The van der Waals surface area contributed by atoms with Crippen molar-refractivity contribution in [3.8, 4) is 0 Å². The first-order valence-corrected chi connectivity index (χ1v) is 7.74. The summed E-state index contributed by atoms with van der Waals surface area (Å²) < 4.78 is 5.48. The van der Waals surface area contributed by atoms with Gasteiger partial charge in [-0.3, -0.25) is 9.59 Å². The molecule has 1 aromatic rings. The molecule has 1 aliphatic heterocycles. The zero-order valence-electron chi connectivity index (χ0n) is 11.3. The molecular weight excluding hydrogens is 313 g/mol. The van der Waals surface area contributed by atoms with Crippen molar-refractivity contribution in [1.82, 2.24) is 0 Å². The summed E-state index contributed by atoms with van der Waals surface area (Å²) >= 11 is 12.1. The molecule has 2 fully saturated rings. The topological polar surface area (TPSA) is 55.4 Å². The number of carbonyl (C=O) groups excluding carboxylic acids is 2. The molecule has 3 rings (SSSR count). The summed E-state index contributed by atoms with van der Waals surface area (Å²) in [6, 6.07) is 5.02. The number of halogens is 2. The van der Waals surface area contributed by atoms with Crippen molar-refractivity contribution in [1.29, 1.82) is 0 Å². The number of esters is 1. The zero-order valence-corrected chi connectivity index (χ0v) is 12.8. The fraction of sp³-hybridized carbons (Fsp3) is 0.467. The molecule has 0 radical (unpaired) electrons. The molecule has 112 valence electrons. The Labute approximate surface area is 132 Å². The summed E-state index contributed by atoms with van der Waals surface area (Å²) in [5, 5.41) is 3.51. The van der Waals surface area contributed by atoms with Gasteiger partial charge in [-0.1, -0.05) is 29.3 Å². The quantitative estimate of drug-likeness (QED) is 0.840. The van der Waals surface area contributed by atoms with Crippen LogP contribution in [0.5, 0.6) is 0 Å². The Hall–Kier alpha value is -1.26. The first-order chi connectivity index (χ1) is 10.0. The number of rotatable bonds is 2. The Bertz CT molecular complexity index is 576. The summed E-state index contributed by atoms with van der Waals surface area (Å²) in [5.74, 6) is -1.03. The van der Waals surface area contributed by atoms with Crippen molar-refractivity contribution in [3.05, 3.63) is 28.2 Å². The maximum Gasteiger partial charge on any atom is 0.307 e. The normalized spacial score (nSPS) is 23.3. The number of hydrogen-bond donors (Lipinski definition) is 1. The summed E-state index contributed by atoms with van der Waals surface area (Å²) in [4.78, 5) is 24.2. The number of amides is 1. The predicted octanol–water partition coefficient (Wildman–Crippen LogP) is 3.81. The summed E-state index contributed by atoms with van der Waals surface area (Å²) in [7, 11) is 0. The van der Waals surface area contributed by atoms with Crippen molar-refractivity contribution in [2.45, 2.75) is 37.7 Å². The molecule has 0 unspecified atom stereocenters. The Morgan fingerprint density at radius 2 is 1.86 bits per heavy atom. The molecule has 6 heteroatoms. The van der Waals surface area contributed by atoms with Crippen molar-refractivity contribution in [3.63, 3.8) is 0 Å². The third kappa shape index (κ3) is 2.62. The summed E-state index contributed by atoms with van der Waals surface area (Å²) in [6.45, 7) is 0. The second-order valence-corrected chi connectivity index (χ2v) is 6.40. The van der Waals surface area contributed by atoms with Crippen LogP contribution in [0.2, 0.25) is 10.0 Å². The molecule has 1 saturated heterocycles. The molecule has 1 N–H and O–H groups in total. The molecule has 0 bridgehead atoms. The van der Waals surface area contributed by atoms with E-state index in [9.17, 15) is 9.59 Å². The van der Waals surface area contributed by atoms with Crippen LogP contribution in [-0.2, 0) is 14.3 Å². The van der Waals surface area contributed by atoms with Gasteiger partial charge in [0.05, 0.1) is 28.1 Å². The second-order valence-electron chi connectivity index (χ2n) is 5.59. The number of para-hydroxylation sites is 1. The molecule has 0 aromatic heterocycles. The van der Waals surface area contributed by atoms with E-state index in [1.165, 1.54) is 0 Å². The Morgan fingerprint density at radius 1 is 1.24 bits per heavy atom. The Kier molecular flexibility index (Phi) is 3.84. The number of carbonyl (C=O) groups is 2. The Balaban J connectivity index is 1.83. The van der Waals surface area contributed by atoms with Crippen LogP contribution < -0.4 is 5.32 Å². The SMILES string of the molecule is O=C1C[C@@H](C(=O)Nc2c(Cl)cccc2Cl)C2(CCCC2)O1. The van der Waals surface area contributed by atoms with Gasteiger partial charge in [0, 0.05) is 0 Å². The average molecular weight is 328 g/mol. The van der Waals surface area contributed by atoms with Crippen LogP contribution in [0.1, 0.15) is 32.1 Å². The van der Waals surface area contributed by atoms with Crippen LogP contribution in [0.3, 0.4) is 0 Å². The largest absolute Gasteiger partial charge is 0.458 e. The molecule has 1 saturated carbocycles. The van der Waals surface area contributed by atoms with Crippen LogP contribution in [0.15, 0.2) is 18.2 Å². The minimum atomic E-state index is -0.630. The molecule has 21 heavy (non-hydrogen) atoms. The number of nitrogens with one attached hydrogen (secondary N) is 1. The lowest BCUT2D eigenvalue weighted by atomic mass is 9.85. The molecule has 1 aromatic carbocycles. The van der Waals surface area contributed by atoms with Gasteiger partial charge in [-0.2, -0.15) is 0 Å². The monoisotopic (exact) mass is 327 g/mol. The van der Waals surface area contributed by atoms with Crippen LogP contribution in [0.4, 0.5) is 5.69 Å². The lowest BCUT2D eigenvalue weighted by Gasteiger charge is -2.28. The standard InChI is InChI=1S/C15H15Cl2NO3/c16-10-4-3-5-11(17)13(10)18-14(20)9-8-12(19)21-15(9)6-1-2-7-15/h3-5,9H,1-2,6-8H2,(H,18,20)/t9-/m0/s1. The lowest BCUT2D eigenvalue weighted by Crippen LogP contribution is -2.39. The van der Waals surface area contributed by atoms with Gasteiger partial charge in [-0.05, 0) is 37.8 Å². The van der Waals surface area contributed by atoms with E-state index in [0.29, 0.717) is 15.7 Å². The van der Waals surface area contributed by atoms with Crippen molar-refractivity contribution in [2.75, 3.05) is 5.32 Å². The van der Waals surface area contributed by atoms with Gasteiger partial charge in [0.25, 0.3) is 0 Å². The van der Waals surface area contributed by atoms with E-state index in [-0.39, 0.29) is 18.3 Å². The van der Waals surface area contributed by atoms with Crippen molar-refractivity contribution < 1.29 is 14.3 Å². The van der Waals surface area contributed by atoms with Crippen LogP contribution in [0, 0.1) is 5.92 Å². The fourth-order valence-electron chi connectivity index (χ4n) is 3.28. The third-order valence-electron chi connectivity index (χ3n) is 4.30. The first-order valence-electron chi connectivity index (χ1n) is 6.98. The van der Waals surface area contributed by atoms with Gasteiger partial charge >= 0.3 is 5.97 Å². The first kappa shape index (κ1) is 14.7. The maximum atomic E-state index is 12.6. The van der Waals surface area contributed by atoms with Gasteiger partial charge < -0.3 is 10.1 Å². The van der Waals surface area contributed by atoms with Gasteiger partial charge in [0.2, 0.25) is 5.91 Å². The molecule has 1 aliphatic carbocycles. The fourth-order valence-corrected chi connectivity index (χ4v) is 3.77. The minimum absolute atomic E-state index is 0.119. The van der Waals surface area contributed by atoms with E-state index >= 15 is 0 Å². The molecule has 2 aliphatic rings. The van der Waals surface area contributed by atoms with E-state index in [1.807, 2.05) is 0 Å². The average Bonchev–Trinajstić information content (AvgIpc) is 3.02. The molecule has 1 spiro atoms. The number of ether oxygens (including phenoxy) is 1. The molecule has 4 nitrogen and oxygen atoms in total. The highest BCUT2D eigenvalue weighted by atomic mass is 35.5. The number of anilines is 1. The summed E-state index contributed by atoms with van der Waals surface area (Å²) in [5.41, 5.74) is -0.243. The zero-order chi connectivity index (χ0) is 15.0. The highest BCUT2D eigenvalue weighted by Gasteiger charge is 2.54. The van der Waals surface area contributed by atoms with Gasteiger partial charge in [0.1, 0.15) is 5.60 Å². The van der Waals surface area contributed by atoms with Crippen molar-refractivity contribution >= 4 is 40.8 Å². The van der Waals surface area contributed by atoms with E-state index in [0.717, 1.165) is 25.7 Å². The highest BCUT2D eigenvalue weighted by Crippen LogP contribution is 2.46. The number of hydrogen-bond acceptors (Lipinski definition) is 3. The van der Waals surface area contributed by atoms with Crippen LogP contribution >= 0.6 is 23.2 Å². The third-order valence-corrected chi connectivity index (χ3v) is 4.93. The number of benzene rings is 1. The van der Waals surface area contributed by atoms with Crippen LogP contribution in [0.25, 0.3) is 0 Å². The minimum Gasteiger partial charge on any atom is -0.458 e. The van der Waals surface area contributed by atoms with E-state index < -0.39 is 11.5 Å². The van der Waals surface area contributed by atoms with E-state index in [2.05, 4.69) is 5.32 Å². The van der Waals surface area contributed by atoms with Crippen LogP contribution in [-0.4, -0.2) is 17.5 Å². The Morgan fingerprint density at radius 3 is 2.48 bits per heavy atom. The molecule has 1 atom stereocenters. The molecule has 1 heterocycles. The maximum absolute atomic E-state index is 12.6. The lowest BCUT2D eigenvalue weighted by molar-refractivity contribution is -0.149. The van der Waals surface area contributed by atoms with Gasteiger partial charge in [-0.25, -0.2) is 0 Å². The van der Waals surface area contributed by atoms with Crippen molar-refractivity contribution in [2.24, 2.45) is 5.92 Å². The van der Waals surface area contributed by atoms with Gasteiger partial charge in [0.15, 0.2) is 0 Å². The smallest absolute Gasteiger partial charge is 0.307 e. The van der Waals surface area contributed by atoms with Gasteiger partial charge in [-0.15, -0.1) is 0 Å². The molecule has 1 amide bonds.